The van der Waals surface area contributed by atoms with Crippen LogP contribution in [0.15, 0.2) is 59.5 Å². The molecule has 0 fully saturated rings. The fraction of sp³-hybridized carbons (Fsp3) is 0.308. The SMILES string of the molecule is COC(=O)c1c(NC(=O)c2ccc(S(=O)(=O)N(C)c3ccccc3)cc2)sc2c1CCN(C(C)C)C2. The summed E-state index contributed by atoms with van der Waals surface area (Å²) >= 11 is 1.38. The van der Waals surface area contributed by atoms with Gasteiger partial charge in [-0.25, -0.2) is 13.2 Å². The third kappa shape index (κ3) is 5.02. The molecule has 0 aliphatic carbocycles. The number of sulfonamides is 1. The van der Waals surface area contributed by atoms with Gasteiger partial charge in [-0.3, -0.25) is 14.0 Å². The number of hydrogen-bond acceptors (Lipinski definition) is 7. The van der Waals surface area contributed by atoms with Crippen LogP contribution in [0.3, 0.4) is 0 Å². The molecule has 1 N–H and O–H groups in total. The summed E-state index contributed by atoms with van der Waals surface area (Å²) in [5, 5.41) is 3.30. The van der Waals surface area contributed by atoms with Gasteiger partial charge in [0.05, 0.1) is 23.3 Å². The fourth-order valence-electron chi connectivity index (χ4n) is 4.16. The molecule has 0 unspecified atom stereocenters. The lowest BCUT2D eigenvalue weighted by atomic mass is 10.0. The fourth-order valence-corrected chi connectivity index (χ4v) is 6.61. The van der Waals surface area contributed by atoms with Gasteiger partial charge in [-0.2, -0.15) is 0 Å². The maximum atomic E-state index is 13.1. The van der Waals surface area contributed by atoms with Gasteiger partial charge in [-0.1, -0.05) is 18.2 Å². The van der Waals surface area contributed by atoms with E-state index in [1.54, 1.807) is 24.3 Å². The highest BCUT2D eigenvalue weighted by Crippen LogP contribution is 2.38. The average Bonchev–Trinajstić information content (AvgIpc) is 3.25. The summed E-state index contributed by atoms with van der Waals surface area (Å²) in [5.74, 6) is -0.911. The Hall–Kier alpha value is -3.21. The van der Waals surface area contributed by atoms with Crippen molar-refractivity contribution in [1.29, 1.82) is 0 Å². The summed E-state index contributed by atoms with van der Waals surface area (Å²) in [4.78, 5) is 29.1. The Morgan fingerprint density at radius 2 is 1.75 bits per heavy atom. The van der Waals surface area contributed by atoms with Crippen LogP contribution in [-0.2, 0) is 27.7 Å². The van der Waals surface area contributed by atoms with E-state index in [1.807, 2.05) is 6.07 Å². The topological polar surface area (TPSA) is 96.0 Å². The Labute approximate surface area is 215 Å². The van der Waals surface area contributed by atoms with Crippen LogP contribution in [0.4, 0.5) is 10.7 Å². The largest absolute Gasteiger partial charge is 0.465 e. The van der Waals surface area contributed by atoms with Crippen LogP contribution < -0.4 is 9.62 Å². The number of anilines is 2. The molecule has 0 saturated carbocycles. The highest BCUT2D eigenvalue weighted by Gasteiger charge is 2.30. The summed E-state index contributed by atoms with van der Waals surface area (Å²) in [6, 6.07) is 14.9. The molecule has 10 heteroatoms. The number of thiophene rings is 1. The Balaban J connectivity index is 1.57. The minimum Gasteiger partial charge on any atom is -0.465 e. The molecule has 2 heterocycles. The summed E-state index contributed by atoms with van der Waals surface area (Å²) in [6.45, 7) is 5.79. The van der Waals surface area contributed by atoms with Gasteiger partial charge in [0.15, 0.2) is 0 Å². The van der Waals surface area contributed by atoms with E-state index in [0.29, 0.717) is 35.3 Å². The molecule has 1 aliphatic rings. The highest BCUT2D eigenvalue weighted by molar-refractivity contribution is 7.92. The van der Waals surface area contributed by atoms with E-state index in [0.717, 1.165) is 17.0 Å². The average molecular weight is 528 g/mol. The Morgan fingerprint density at radius 3 is 2.36 bits per heavy atom. The second-order valence-corrected chi connectivity index (χ2v) is 11.9. The predicted octanol–water partition coefficient (Wildman–Crippen LogP) is 4.38. The van der Waals surface area contributed by atoms with Crippen LogP contribution in [0, 0.1) is 0 Å². The summed E-state index contributed by atoms with van der Waals surface area (Å²) in [5.41, 5.74) is 2.14. The van der Waals surface area contributed by atoms with Gasteiger partial charge in [0.2, 0.25) is 0 Å². The first-order valence-electron chi connectivity index (χ1n) is 11.6. The lowest BCUT2D eigenvalue weighted by Gasteiger charge is -2.30. The number of ether oxygens (including phenoxy) is 1. The molecule has 36 heavy (non-hydrogen) atoms. The number of rotatable bonds is 7. The van der Waals surface area contributed by atoms with Crippen LogP contribution in [0.5, 0.6) is 0 Å². The quantitative estimate of drug-likeness (QED) is 0.458. The molecule has 0 atom stereocenters. The molecule has 3 aromatic rings. The molecule has 0 radical (unpaired) electrons. The molecule has 2 aromatic carbocycles. The number of nitrogens with one attached hydrogen (secondary N) is 1. The number of nitrogens with zero attached hydrogens (tertiary/aromatic N) is 2. The molecule has 8 nitrogen and oxygen atoms in total. The van der Waals surface area contributed by atoms with Crippen molar-refractivity contribution in [1.82, 2.24) is 4.90 Å². The van der Waals surface area contributed by atoms with Crippen LogP contribution >= 0.6 is 11.3 Å². The number of benzene rings is 2. The zero-order valence-electron chi connectivity index (χ0n) is 20.6. The van der Waals surface area contributed by atoms with Gasteiger partial charge in [0, 0.05) is 36.6 Å². The van der Waals surface area contributed by atoms with Crippen molar-refractivity contribution in [2.45, 2.75) is 37.8 Å². The van der Waals surface area contributed by atoms with Gasteiger partial charge in [-0.05, 0) is 62.2 Å². The molecular formula is C26H29N3O5S2. The number of hydrogen-bond donors (Lipinski definition) is 1. The predicted molar refractivity (Wildman–Crippen MR) is 141 cm³/mol. The van der Waals surface area contributed by atoms with E-state index in [4.69, 9.17) is 4.74 Å². The molecule has 190 valence electrons. The van der Waals surface area contributed by atoms with Gasteiger partial charge in [0.1, 0.15) is 5.00 Å². The minimum atomic E-state index is -3.79. The normalized spacial score (nSPS) is 13.8. The van der Waals surface area contributed by atoms with Crippen LogP contribution in [-0.4, -0.2) is 51.9 Å². The molecule has 0 saturated heterocycles. The van der Waals surface area contributed by atoms with E-state index in [1.165, 1.54) is 54.1 Å². The third-order valence-corrected chi connectivity index (χ3v) is 9.26. The highest BCUT2D eigenvalue weighted by atomic mass is 32.2. The van der Waals surface area contributed by atoms with Crippen molar-refractivity contribution < 1.29 is 22.7 Å². The monoisotopic (exact) mass is 527 g/mol. The summed E-state index contributed by atoms with van der Waals surface area (Å²) < 4.78 is 32.2. The Kier molecular flexibility index (Phi) is 7.49. The van der Waals surface area contributed by atoms with Crippen molar-refractivity contribution >= 4 is 43.9 Å². The number of fused-ring (bicyclic) bond motifs is 1. The second-order valence-electron chi connectivity index (χ2n) is 8.80. The van der Waals surface area contributed by atoms with Crippen LogP contribution in [0.1, 0.15) is 45.0 Å². The zero-order chi connectivity index (χ0) is 26.0. The van der Waals surface area contributed by atoms with Crippen molar-refractivity contribution in [2.24, 2.45) is 0 Å². The number of amides is 1. The van der Waals surface area contributed by atoms with E-state index >= 15 is 0 Å². The molecule has 0 spiro atoms. The first-order chi connectivity index (χ1) is 17.1. The van der Waals surface area contributed by atoms with Crippen molar-refractivity contribution in [3.63, 3.8) is 0 Å². The lowest BCUT2D eigenvalue weighted by molar-refractivity contribution is 0.0600. The summed E-state index contributed by atoms with van der Waals surface area (Å²) in [7, 11) is -0.980. The second kappa shape index (κ2) is 10.4. The molecule has 4 rings (SSSR count). The first kappa shape index (κ1) is 25.9. The maximum Gasteiger partial charge on any atom is 0.341 e. The molecular weight excluding hydrogens is 498 g/mol. The number of methoxy groups -OCH3 is 1. The molecule has 1 aliphatic heterocycles. The Morgan fingerprint density at radius 1 is 1.08 bits per heavy atom. The van der Waals surface area contributed by atoms with Crippen LogP contribution in [0.2, 0.25) is 0 Å². The van der Waals surface area contributed by atoms with E-state index in [2.05, 4.69) is 24.1 Å². The number of esters is 1. The van der Waals surface area contributed by atoms with Gasteiger partial charge < -0.3 is 10.1 Å². The number of carbonyl (C=O) groups excluding carboxylic acids is 2. The van der Waals surface area contributed by atoms with Gasteiger partial charge >= 0.3 is 5.97 Å². The van der Waals surface area contributed by atoms with Crippen LogP contribution in [0.25, 0.3) is 0 Å². The van der Waals surface area contributed by atoms with E-state index < -0.39 is 21.9 Å². The van der Waals surface area contributed by atoms with Gasteiger partial charge in [-0.15, -0.1) is 11.3 Å². The third-order valence-electron chi connectivity index (χ3n) is 6.33. The Bertz CT molecular complexity index is 1370. The molecule has 1 aromatic heterocycles. The van der Waals surface area contributed by atoms with E-state index in [-0.39, 0.29) is 10.5 Å². The van der Waals surface area contributed by atoms with Gasteiger partial charge in [0.25, 0.3) is 15.9 Å². The number of carbonyl (C=O) groups is 2. The summed E-state index contributed by atoms with van der Waals surface area (Å²) in [6.07, 6.45) is 0.700. The van der Waals surface area contributed by atoms with Crippen molar-refractivity contribution in [2.75, 3.05) is 30.3 Å². The van der Waals surface area contributed by atoms with E-state index in [9.17, 15) is 18.0 Å². The minimum absolute atomic E-state index is 0.0704. The first-order valence-corrected chi connectivity index (χ1v) is 13.8. The van der Waals surface area contributed by atoms with Crippen molar-refractivity contribution in [3.05, 3.63) is 76.2 Å². The smallest absolute Gasteiger partial charge is 0.341 e. The lowest BCUT2D eigenvalue weighted by Crippen LogP contribution is -2.35. The molecule has 0 bridgehead atoms. The molecule has 1 amide bonds. The standard InChI is InChI=1S/C26H29N3O5S2/c1-17(2)29-15-14-21-22(16-29)35-25(23(21)26(31)34-4)27-24(30)18-10-12-20(13-11-18)36(32,33)28(3)19-8-6-5-7-9-19/h5-13,17H,14-16H2,1-4H3,(H,27,30). The zero-order valence-corrected chi connectivity index (χ0v) is 22.3. The van der Waals surface area contributed by atoms with Crippen molar-refractivity contribution in [3.8, 4) is 0 Å². The maximum absolute atomic E-state index is 13.1. The number of para-hydroxylation sites is 1.